The van der Waals surface area contributed by atoms with Crippen LogP contribution in [-0.4, -0.2) is 0 Å². The zero-order valence-electron chi connectivity index (χ0n) is 27.6. The van der Waals surface area contributed by atoms with Gasteiger partial charge in [-0.15, -0.1) is 22.7 Å². The minimum atomic E-state index is -0.817. The van der Waals surface area contributed by atoms with Crippen molar-refractivity contribution in [2.45, 2.75) is 27.7 Å². The second kappa shape index (κ2) is 13.2. The summed E-state index contributed by atoms with van der Waals surface area (Å²) in [5.41, 5.74) is 8.01. The molecule has 234 valence electrons. The van der Waals surface area contributed by atoms with E-state index < -0.39 is 15.8 Å². The van der Waals surface area contributed by atoms with Crippen LogP contribution in [-0.2, 0) is 0 Å². The van der Waals surface area contributed by atoms with Crippen LogP contribution in [0.1, 0.15) is 22.3 Å². The molecule has 0 aliphatic heterocycles. The van der Waals surface area contributed by atoms with Crippen molar-refractivity contribution >= 4 is 89.1 Å². The molecule has 0 nitrogen and oxygen atoms in total. The van der Waals surface area contributed by atoms with Crippen molar-refractivity contribution in [3.8, 4) is 11.1 Å². The molecule has 2 heterocycles. The van der Waals surface area contributed by atoms with Gasteiger partial charge in [-0.3, -0.25) is 0 Å². The van der Waals surface area contributed by atoms with Gasteiger partial charge in [0, 0.05) is 40.5 Å². The molecule has 6 aromatic carbocycles. The van der Waals surface area contributed by atoms with E-state index in [-0.39, 0.29) is 0 Å². The largest absolute Gasteiger partial charge is 0.134 e. The lowest BCUT2D eigenvalue weighted by Crippen LogP contribution is -2.23. The lowest BCUT2D eigenvalue weighted by molar-refractivity contribution is 1.49. The first-order valence-corrected chi connectivity index (χ1v) is 20.7. The van der Waals surface area contributed by atoms with Crippen molar-refractivity contribution < 1.29 is 0 Å². The highest BCUT2D eigenvalue weighted by atomic mass is 32.1. The minimum Gasteiger partial charge on any atom is -0.134 e. The predicted molar refractivity (Wildman–Crippen MR) is 219 cm³/mol. The Balaban J connectivity index is 1.48. The molecule has 0 saturated carbocycles. The first kappa shape index (κ1) is 31.4. The summed E-state index contributed by atoms with van der Waals surface area (Å²) in [4.78, 5) is 0. The maximum absolute atomic E-state index is 2.37. The van der Waals surface area contributed by atoms with Gasteiger partial charge in [-0.2, -0.15) is 0 Å². The van der Waals surface area contributed by atoms with Gasteiger partial charge in [0.15, 0.2) is 0 Å². The molecule has 0 atom stereocenters. The summed E-state index contributed by atoms with van der Waals surface area (Å²) in [6.45, 7) is 8.74. The van der Waals surface area contributed by atoms with Gasteiger partial charge in [0.1, 0.15) is 0 Å². The standard InChI is InChI=1S/C44H36P2S2/c1-29-13-21-33(22-14-29)45(34-23-15-30(2)16-24-34)43-41(37-9-5-7-11-39(37)47-43)42-38-10-6-8-12-40(38)48-44(42)46(35-25-17-31(3)18-26-35)36-27-19-32(4)20-28-36/h5-28H,1-4H3. The number of aryl methyl sites for hydroxylation is 4. The van der Waals surface area contributed by atoms with Crippen LogP contribution >= 0.6 is 38.5 Å². The summed E-state index contributed by atoms with van der Waals surface area (Å²) in [5, 5.41) is 8.30. The Kier molecular flexibility index (Phi) is 8.62. The van der Waals surface area contributed by atoms with E-state index >= 15 is 0 Å². The van der Waals surface area contributed by atoms with Gasteiger partial charge in [0.25, 0.3) is 0 Å². The maximum Gasteiger partial charge on any atom is 0.0459 e. The number of thiophene rings is 2. The van der Waals surface area contributed by atoms with Gasteiger partial charge in [-0.1, -0.05) is 156 Å². The van der Waals surface area contributed by atoms with Crippen LogP contribution < -0.4 is 30.5 Å². The Morgan fingerprint density at radius 2 is 0.604 bits per heavy atom. The molecular formula is C44H36P2S2. The third kappa shape index (κ3) is 5.87. The van der Waals surface area contributed by atoms with E-state index in [1.165, 1.54) is 84.0 Å². The van der Waals surface area contributed by atoms with Gasteiger partial charge < -0.3 is 0 Å². The molecule has 0 bridgehead atoms. The normalized spacial score (nSPS) is 11.7. The van der Waals surface area contributed by atoms with Crippen molar-refractivity contribution in [3.63, 3.8) is 0 Å². The highest BCUT2D eigenvalue weighted by molar-refractivity contribution is 7.85. The van der Waals surface area contributed by atoms with Crippen molar-refractivity contribution in [2.75, 3.05) is 0 Å². The molecule has 0 saturated heterocycles. The fraction of sp³-hybridized carbons (Fsp3) is 0.0909. The van der Waals surface area contributed by atoms with Crippen molar-refractivity contribution in [2.24, 2.45) is 0 Å². The van der Waals surface area contributed by atoms with E-state index in [9.17, 15) is 0 Å². The topological polar surface area (TPSA) is 0 Å². The molecular weight excluding hydrogens is 655 g/mol. The van der Waals surface area contributed by atoms with Crippen molar-refractivity contribution in [1.29, 1.82) is 0 Å². The number of hydrogen-bond acceptors (Lipinski definition) is 2. The summed E-state index contributed by atoms with van der Waals surface area (Å²) >= 11 is 3.99. The number of hydrogen-bond donors (Lipinski definition) is 0. The zero-order valence-corrected chi connectivity index (χ0v) is 31.0. The molecule has 8 rings (SSSR count). The molecule has 0 aliphatic rings. The first-order chi connectivity index (χ1) is 23.4. The van der Waals surface area contributed by atoms with Crippen LogP contribution in [0, 0.1) is 27.7 Å². The second-order valence-electron chi connectivity index (χ2n) is 12.6. The molecule has 0 aliphatic carbocycles. The zero-order chi connectivity index (χ0) is 32.8. The third-order valence-corrected chi connectivity index (χ3v) is 17.1. The molecule has 0 radical (unpaired) electrons. The van der Waals surface area contributed by atoms with E-state index in [1.807, 2.05) is 22.7 Å². The van der Waals surface area contributed by atoms with Crippen LogP contribution in [0.15, 0.2) is 146 Å². The summed E-state index contributed by atoms with van der Waals surface area (Å²) in [5.74, 6) is 0. The Bertz CT molecular complexity index is 2100. The average molecular weight is 691 g/mol. The molecule has 0 amide bonds. The number of fused-ring (bicyclic) bond motifs is 2. The van der Waals surface area contributed by atoms with Gasteiger partial charge in [-0.05, 0) is 76.9 Å². The van der Waals surface area contributed by atoms with E-state index in [1.54, 1.807) is 0 Å². The Hall–Kier alpha value is -3.90. The van der Waals surface area contributed by atoms with Crippen LogP contribution in [0.5, 0.6) is 0 Å². The lowest BCUT2D eigenvalue weighted by atomic mass is 10.0. The lowest BCUT2D eigenvalue weighted by Gasteiger charge is -2.23. The SMILES string of the molecule is Cc1ccc(P(c2ccc(C)cc2)c2sc3ccccc3c2-c2c(P(c3ccc(C)cc3)c3ccc(C)cc3)sc3ccccc23)cc1. The minimum absolute atomic E-state index is 0.817. The molecule has 4 heteroatoms. The van der Waals surface area contributed by atoms with Crippen LogP contribution in [0.25, 0.3) is 31.3 Å². The van der Waals surface area contributed by atoms with E-state index in [2.05, 4.69) is 173 Å². The predicted octanol–water partition coefficient (Wildman–Crippen LogP) is 10.5. The van der Waals surface area contributed by atoms with Gasteiger partial charge >= 0.3 is 0 Å². The van der Waals surface area contributed by atoms with Gasteiger partial charge in [0.05, 0.1) is 0 Å². The highest BCUT2D eigenvalue weighted by Gasteiger charge is 2.31. The van der Waals surface area contributed by atoms with E-state index in [0.29, 0.717) is 0 Å². The summed E-state index contributed by atoms with van der Waals surface area (Å²) in [7, 11) is -1.63. The molecule has 0 N–H and O–H groups in total. The summed E-state index contributed by atoms with van der Waals surface area (Å²) in [6.07, 6.45) is 0. The second-order valence-corrected chi connectivity index (χ2v) is 19.6. The Labute approximate surface area is 294 Å². The first-order valence-electron chi connectivity index (χ1n) is 16.3. The molecule has 8 aromatic rings. The highest BCUT2D eigenvalue weighted by Crippen LogP contribution is 2.50. The number of rotatable bonds is 7. The smallest absolute Gasteiger partial charge is 0.0459 e. The molecule has 2 aromatic heterocycles. The quantitative estimate of drug-likeness (QED) is 0.146. The summed E-state index contributed by atoms with van der Waals surface area (Å²) < 4.78 is 5.66. The van der Waals surface area contributed by atoms with E-state index in [4.69, 9.17) is 0 Å². The van der Waals surface area contributed by atoms with Crippen molar-refractivity contribution in [1.82, 2.24) is 0 Å². The van der Waals surface area contributed by atoms with Crippen LogP contribution in [0.3, 0.4) is 0 Å². The van der Waals surface area contributed by atoms with Gasteiger partial charge in [0.2, 0.25) is 0 Å². The molecule has 0 fully saturated rings. The Morgan fingerprint density at radius 3 is 0.896 bits per heavy atom. The number of benzene rings is 6. The maximum atomic E-state index is 2.37. The summed E-state index contributed by atoms with van der Waals surface area (Å²) in [6, 6.07) is 55.4. The monoisotopic (exact) mass is 690 g/mol. The van der Waals surface area contributed by atoms with Crippen molar-refractivity contribution in [3.05, 3.63) is 168 Å². The molecule has 0 unspecified atom stereocenters. The fourth-order valence-corrected chi connectivity index (χ4v) is 15.1. The van der Waals surface area contributed by atoms with Crippen LogP contribution in [0.4, 0.5) is 0 Å². The Morgan fingerprint density at radius 1 is 0.333 bits per heavy atom. The fourth-order valence-electron chi connectivity index (χ4n) is 6.41. The third-order valence-electron chi connectivity index (χ3n) is 8.98. The molecule has 0 spiro atoms. The average Bonchev–Trinajstić information content (AvgIpc) is 3.66. The van der Waals surface area contributed by atoms with E-state index in [0.717, 1.165) is 0 Å². The van der Waals surface area contributed by atoms with Crippen LogP contribution in [0.2, 0.25) is 0 Å². The molecule has 48 heavy (non-hydrogen) atoms. The van der Waals surface area contributed by atoms with Gasteiger partial charge in [-0.25, -0.2) is 0 Å².